The molecule has 0 atom stereocenters. The van der Waals surface area contributed by atoms with Crippen LogP contribution in [-0.4, -0.2) is 45.3 Å². The first-order valence-electron chi connectivity index (χ1n) is 6.69. The molecular formula is C12H17F3N4O. The van der Waals surface area contributed by atoms with Gasteiger partial charge in [0.25, 0.3) is 5.91 Å². The first kappa shape index (κ1) is 14.8. The number of hydrogen-bond donors (Lipinski definition) is 1. The van der Waals surface area contributed by atoms with Crippen molar-refractivity contribution in [3.8, 4) is 0 Å². The van der Waals surface area contributed by atoms with Crippen LogP contribution in [0, 0.1) is 0 Å². The second-order valence-electron chi connectivity index (χ2n) is 5.01. The van der Waals surface area contributed by atoms with Gasteiger partial charge in [-0.1, -0.05) is 13.3 Å². The number of nitrogens with one attached hydrogen (secondary N) is 1. The maximum atomic E-state index is 12.5. The third-order valence-electron chi connectivity index (χ3n) is 3.10. The third-order valence-corrected chi connectivity index (χ3v) is 3.10. The molecule has 1 saturated carbocycles. The second kappa shape index (κ2) is 5.80. The molecule has 0 bridgehead atoms. The summed E-state index contributed by atoms with van der Waals surface area (Å²) in [6.45, 7) is 0.648. The number of nitrogens with zero attached hydrogens (tertiary/aromatic N) is 3. The Morgan fingerprint density at radius 3 is 2.70 bits per heavy atom. The highest BCUT2D eigenvalue weighted by molar-refractivity contribution is 5.90. The van der Waals surface area contributed by atoms with Crippen molar-refractivity contribution in [1.29, 1.82) is 0 Å². The van der Waals surface area contributed by atoms with Crippen LogP contribution in [0.25, 0.3) is 0 Å². The summed E-state index contributed by atoms with van der Waals surface area (Å²) < 4.78 is 37.5. The van der Waals surface area contributed by atoms with Crippen LogP contribution in [0.5, 0.6) is 0 Å². The van der Waals surface area contributed by atoms with Gasteiger partial charge in [0.05, 0.1) is 0 Å². The molecule has 1 heterocycles. The lowest BCUT2D eigenvalue weighted by molar-refractivity contribution is -0.140. The molecule has 1 fully saturated rings. The molecule has 1 aromatic heterocycles. The zero-order valence-electron chi connectivity index (χ0n) is 11.2. The van der Waals surface area contributed by atoms with Crippen molar-refractivity contribution in [3.63, 3.8) is 0 Å². The number of carbonyl (C=O) groups is 1. The quantitative estimate of drug-likeness (QED) is 0.875. The van der Waals surface area contributed by atoms with E-state index in [2.05, 4.69) is 15.2 Å². The van der Waals surface area contributed by atoms with Crippen molar-refractivity contribution in [1.82, 2.24) is 20.1 Å². The summed E-state index contributed by atoms with van der Waals surface area (Å²) in [5.41, 5.74) is 0. The van der Waals surface area contributed by atoms with E-state index in [-0.39, 0.29) is 18.3 Å². The predicted molar refractivity (Wildman–Crippen MR) is 65.2 cm³/mol. The number of alkyl halides is 3. The minimum absolute atomic E-state index is 0.0577. The zero-order valence-corrected chi connectivity index (χ0v) is 11.2. The Hall–Kier alpha value is -1.60. The van der Waals surface area contributed by atoms with Crippen molar-refractivity contribution in [2.24, 2.45) is 0 Å². The van der Waals surface area contributed by atoms with Crippen LogP contribution in [0.15, 0.2) is 0 Å². The Morgan fingerprint density at radius 1 is 1.45 bits per heavy atom. The summed E-state index contributed by atoms with van der Waals surface area (Å²) in [7, 11) is 0. The van der Waals surface area contributed by atoms with Gasteiger partial charge in [0.2, 0.25) is 5.82 Å². The number of hydrogen-bond acceptors (Lipinski definition) is 3. The van der Waals surface area contributed by atoms with E-state index in [0.717, 1.165) is 17.7 Å². The van der Waals surface area contributed by atoms with E-state index in [1.54, 1.807) is 0 Å². The monoisotopic (exact) mass is 290 g/mol. The molecule has 1 aliphatic carbocycles. The lowest BCUT2D eigenvalue weighted by Crippen LogP contribution is -2.40. The molecule has 2 rings (SSSR count). The summed E-state index contributed by atoms with van der Waals surface area (Å²) in [4.78, 5) is 16.8. The number of H-pyrrole nitrogens is 1. The van der Waals surface area contributed by atoms with Gasteiger partial charge in [-0.05, 0) is 19.3 Å². The number of amides is 1. The molecule has 0 saturated heterocycles. The SMILES string of the molecule is CCCCN(CC(F)(F)F)C(=O)c1n[nH]c(C2CC2)n1. The normalized spacial score (nSPS) is 15.4. The zero-order chi connectivity index (χ0) is 14.8. The van der Waals surface area contributed by atoms with Crippen LogP contribution in [0.1, 0.15) is 55.0 Å². The minimum Gasteiger partial charge on any atom is -0.327 e. The topological polar surface area (TPSA) is 61.9 Å². The van der Waals surface area contributed by atoms with Gasteiger partial charge in [-0.3, -0.25) is 9.89 Å². The van der Waals surface area contributed by atoms with Gasteiger partial charge in [0.15, 0.2) is 0 Å². The Balaban J connectivity index is 2.06. The molecular weight excluding hydrogens is 273 g/mol. The second-order valence-corrected chi connectivity index (χ2v) is 5.01. The van der Waals surface area contributed by atoms with Crippen LogP contribution in [0.4, 0.5) is 13.2 Å². The fraction of sp³-hybridized carbons (Fsp3) is 0.750. The average molecular weight is 290 g/mol. The minimum atomic E-state index is -4.42. The number of rotatable bonds is 6. The summed E-state index contributed by atoms with van der Waals surface area (Å²) in [6.07, 6.45) is -1.24. The summed E-state index contributed by atoms with van der Waals surface area (Å²) >= 11 is 0. The first-order chi connectivity index (χ1) is 9.40. The predicted octanol–water partition coefficient (Wildman–Crippen LogP) is 2.49. The lowest BCUT2D eigenvalue weighted by atomic mass is 10.3. The average Bonchev–Trinajstić information content (AvgIpc) is 3.10. The number of carbonyl (C=O) groups excluding carboxylic acids is 1. The van der Waals surface area contributed by atoms with Gasteiger partial charge >= 0.3 is 6.18 Å². The smallest absolute Gasteiger partial charge is 0.327 e. The summed E-state index contributed by atoms with van der Waals surface area (Å²) in [5.74, 6) is -0.0715. The summed E-state index contributed by atoms with van der Waals surface area (Å²) in [5, 5.41) is 6.37. The number of aromatic nitrogens is 3. The highest BCUT2D eigenvalue weighted by Gasteiger charge is 2.35. The van der Waals surface area contributed by atoms with E-state index in [0.29, 0.717) is 18.7 Å². The molecule has 0 spiro atoms. The number of halogens is 3. The van der Waals surface area contributed by atoms with Crippen molar-refractivity contribution >= 4 is 5.91 Å². The maximum absolute atomic E-state index is 12.5. The number of unbranched alkanes of at least 4 members (excludes halogenated alkanes) is 1. The maximum Gasteiger partial charge on any atom is 0.406 e. The van der Waals surface area contributed by atoms with Gasteiger partial charge in [-0.15, -0.1) is 5.10 Å². The molecule has 0 radical (unpaired) electrons. The Bertz CT molecular complexity index is 468. The number of aromatic amines is 1. The van der Waals surface area contributed by atoms with Crippen molar-refractivity contribution < 1.29 is 18.0 Å². The van der Waals surface area contributed by atoms with E-state index < -0.39 is 18.6 Å². The third kappa shape index (κ3) is 3.94. The standard InChI is InChI=1S/C12H17F3N4O/c1-2-3-6-19(7-12(13,14)15)11(20)10-16-9(17-18-10)8-4-5-8/h8H,2-7H2,1H3,(H,16,17,18). The van der Waals surface area contributed by atoms with E-state index in [4.69, 9.17) is 0 Å². The molecule has 1 N–H and O–H groups in total. The first-order valence-corrected chi connectivity index (χ1v) is 6.69. The summed E-state index contributed by atoms with van der Waals surface area (Å²) in [6, 6.07) is 0. The highest BCUT2D eigenvalue weighted by Crippen LogP contribution is 2.37. The lowest BCUT2D eigenvalue weighted by Gasteiger charge is -2.22. The van der Waals surface area contributed by atoms with E-state index in [1.165, 1.54) is 0 Å². The Morgan fingerprint density at radius 2 is 2.15 bits per heavy atom. The van der Waals surface area contributed by atoms with Crippen molar-refractivity contribution in [2.45, 2.75) is 44.7 Å². The van der Waals surface area contributed by atoms with Gasteiger partial charge in [0, 0.05) is 12.5 Å². The molecule has 1 amide bonds. The van der Waals surface area contributed by atoms with Crippen LogP contribution in [-0.2, 0) is 0 Å². The van der Waals surface area contributed by atoms with E-state index >= 15 is 0 Å². The molecule has 0 unspecified atom stereocenters. The molecule has 1 aliphatic rings. The van der Waals surface area contributed by atoms with Crippen molar-refractivity contribution in [2.75, 3.05) is 13.1 Å². The van der Waals surface area contributed by atoms with Gasteiger partial charge in [-0.25, -0.2) is 4.98 Å². The molecule has 0 aromatic carbocycles. The van der Waals surface area contributed by atoms with Crippen molar-refractivity contribution in [3.05, 3.63) is 11.6 Å². The molecule has 8 heteroatoms. The fourth-order valence-electron chi connectivity index (χ4n) is 1.87. The molecule has 20 heavy (non-hydrogen) atoms. The van der Waals surface area contributed by atoms with Gasteiger partial charge in [0.1, 0.15) is 12.4 Å². The van der Waals surface area contributed by atoms with E-state index in [1.807, 2.05) is 6.92 Å². The van der Waals surface area contributed by atoms with Crippen LogP contribution < -0.4 is 0 Å². The fourth-order valence-corrected chi connectivity index (χ4v) is 1.87. The molecule has 5 nitrogen and oxygen atoms in total. The van der Waals surface area contributed by atoms with Crippen LogP contribution >= 0.6 is 0 Å². The Labute approximate surface area is 114 Å². The molecule has 112 valence electrons. The largest absolute Gasteiger partial charge is 0.406 e. The molecule has 0 aliphatic heterocycles. The van der Waals surface area contributed by atoms with E-state index in [9.17, 15) is 18.0 Å². The van der Waals surface area contributed by atoms with Gasteiger partial charge in [-0.2, -0.15) is 13.2 Å². The highest BCUT2D eigenvalue weighted by atomic mass is 19.4. The van der Waals surface area contributed by atoms with Crippen LogP contribution in [0.3, 0.4) is 0 Å². The molecule has 1 aromatic rings. The van der Waals surface area contributed by atoms with Crippen LogP contribution in [0.2, 0.25) is 0 Å². The van der Waals surface area contributed by atoms with Gasteiger partial charge < -0.3 is 4.90 Å². The Kier molecular flexibility index (Phi) is 4.29.